The zero-order chi connectivity index (χ0) is 16.7. The molecule has 1 amide bonds. The maximum Gasteiger partial charge on any atom is 0.415 e. The average Bonchev–Trinajstić information content (AvgIpc) is 2.34. The molecule has 1 heterocycles. The number of anilines is 1. The van der Waals surface area contributed by atoms with Crippen molar-refractivity contribution in [3.63, 3.8) is 0 Å². The number of carbonyl (C=O) groups excluding carboxylic acids is 1. The normalized spacial score (nSPS) is 18.9. The molecule has 0 bridgehead atoms. The van der Waals surface area contributed by atoms with Gasteiger partial charge in [-0.1, -0.05) is 22.0 Å². The zero-order valence-electron chi connectivity index (χ0n) is 12.5. The molecule has 0 aromatic heterocycles. The molecule has 0 radical (unpaired) electrons. The molecule has 0 fully saturated rings. The van der Waals surface area contributed by atoms with Crippen LogP contribution in [-0.2, 0) is 11.2 Å². The quantitative estimate of drug-likeness (QED) is 0.629. The molecule has 1 aromatic carbocycles. The third-order valence-electron chi connectivity index (χ3n) is 3.30. The Bertz CT molecular complexity index is 581. The van der Waals surface area contributed by atoms with Crippen LogP contribution >= 0.6 is 15.9 Å². The van der Waals surface area contributed by atoms with Gasteiger partial charge >= 0.3 is 12.3 Å². The summed E-state index contributed by atoms with van der Waals surface area (Å²) in [6.07, 6.45) is -5.41. The second-order valence-corrected chi connectivity index (χ2v) is 7.04. The lowest BCUT2D eigenvalue weighted by molar-refractivity contribution is -0.150. The van der Waals surface area contributed by atoms with Crippen LogP contribution in [0, 0.1) is 0 Å². The maximum absolute atomic E-state index is 13.3. The van der Waals surface area contributed by atoms with E-state index in [1.54, 1.807) is 32.9 Å². The lowest BCUT2D eigenvalue weighted by Gasteiger charge is -2.39. The molecule has 7 heteroatoms. The Morgan fingerprint density at radius 2 is 1.95 bits per heavy atom. The summed E-state index contributed by atoms with van der Waals surface area (Å²) in [5, 5.41) is 0. The van der Waals surface area contributed by atoms with Crippen LogP contribution in [0.5, 0.6) is 0 Å². The van der Waals surface area contributed by atoms with Crippen LogP contribution in [0.25, 0.3) is 0 Å². The monoisotopic (exact) mass is 379 g/mol. The van der Waals surface area contributed by atoms with E-state index in [1.807, 2.05) is 0 Å². The topological polar surface area (TPSA) is 29.5 Å². The second kappa shape index (κ2) is 5.76. The van der Waals surface area contributed by atoms with E-state index < -0.39 is 23.9 Å². The highest BCUT2D eigenvalue weighted by atomic mass is 79.9. The van der Waals surface area contributed by atoms with Crippen molar-refractivity contribution in [1.29, 1.82) is 0 Å². The molecule has 122 valence electrons. The minimum absolute atomic E-state index is 0.182. The van der Waals surface area contributed by atoms with Gasteiger partial charge in [-0.25, -0.2) is 4.79 Å². The van der Waals surface area contributed by atoms with Crippen molar-refractivity contribution in [2.24, 2.45) is 0 Å². The molecule has 1 aliphatic heterocycles. The Labute approximate surface area is 135 Å². The first-order chi connectivity index (χ1) is 10.0. The Morgan fingerprint density at radius 1 is 1.32 bits per heavy atom. The van der Waals surface area contributed by atoms with Gasteiger partial charge < -0.3 is 4.74 Å². The van der Waals surface area contributed by atoms with E-state index in [1.165, 1.54) is 6.07 Å². The van der Waals surface area contributed by atoms with Crippen LogP contribution in [0.2, 0.25) is 0 Å². The second-order valence-electron chi connectivity index (χ2n) is 6.18. The van der Waals surface area contributed by atoms with Gasteiger partial charge in [0.25, 0.3) is 0 Å². The Hall–Kier alpha value is -1.24. The van der Waals surface area contributed by atoms with Gasteiger partial charge in [0, 0.05) is 4.47 Å². The third kappa shape index (κ3) is 3.56. The number of hydrogen-bond acceptors (Lipinski definition) is 2. The first-order valence-corrected chi connectivity index (χ1v) is 7.66. The van der Waals surface area contributed by atoms with Crippen LogP contribution < -0.4 is 4.90 Å². The van der Waals surface area contributed by atoms with E-state index >= 15 is 0 Å². The minimum Gasteiger partial charge on any atom is -0.443 e. The number of halogens is 4. The fraction of sp³-hybridized carbons (Fsp3) is 0.533. The van der Waals surface area contributed by atoms with Crippen molar-refractivity contribution in [3.05, 3.63) is 28.2 Å². The van der Waals surface area contributed by atoms with Gasteiger partial charge in [-0.15, -0.1) is 0 Å². The van der Waals surface area contributed by atoms with Gasteiger partial charge in [0.15, 0.2) is 0 Å². The zero-order valence-corrected chi connectivity index (χ0v) is 14.1. The summed E-state index contributed by atoms with van der Waals surface area (Å²) in [5.41, 5.74) is 0.0719. The van der Waals surface area contributed by atoms with Gasteiger partial charge in [-0.05, 0) is 51.3 Å². The molecular formula is C15H17BrF3NO2. The van der Waals surface area contributed by atoms with E-state index in [4.69, 9.17) is 4.74 Å². The number of ether oxygens (including phenoxy) is 1. The molecule has 0 N–H and O–H groups in total. The number of rotatable bonds is 0. The number of nitrogens with zero attached hydrogens (tertiary/aromatic N) is 1. The molecular weight excluding hydrogens is 363 g/mol. The summed E-state index contributed by atoms with van der Waals surface area (Å²) < 4.78 is 45.8. The maximum atomic E-state index is 13.3. The summed E-state index contributed by atoms with van der Waals surface area (Å²) >= 11 is 3.33. The van der Waals surface area contributed by atoms with Gasteiger partial charge in [-0.2, -0.15) is 13.2 Å². The van der Waals surface area contributed by atoms with Crippen LogP contribution in [0.4, 0.5) is 23.7 Å². The van der Waals surface area contributed by atoms with Crippen LogP contribution in [0.3, 0.4) is 0 Å². The minimum atomic E-state index is -4.50. The van der Waals surface area contributed by atoms with Crippen molar-refractivity contribution in [2.75, 3.05) is 4.90 Å². The number of fused-ring (bicyclic) bond motifs is 1. The number of carbonyl (C=O) groups is 1. The van der Waals surface area contributed by atoms with Crippen molar-refractivity contribution in [1.82, 2.24) is 0 Å². The number of amides is 1. The average molecular weight is 380 g/mol. The van der Waals surface area contributed by atoms with E-state index in [-0.39, 0.29) is 18.5 Å². The molecule has 0 aliphatic carbocycles. The van der Waals surface area contributed by atoms with Crippen molar-refractivity contribution in [3.8, 4) is 0 Å². The SMILES string of the molecule is CC(C)(C)OC(=O)N1c2cccc(Br)c2CCC1C(F)(F)F. The first kappa shape index (κ1) is 17.1. The third-order valence-corrected chi connectivity index (χ3v) is 4.04. The highest BCUT2D eigenvalue weighted by Gasteiger charge is 2.49. The molecule has 1 unspecified atom stereocenters. The van der Waals surface area contributed by atoms with Gasteiger partial charge in [-0.3, -0.25) is 4.90 Å². The summed E-state index contributed by atoms with van der Waals surface area (Å²) in [6, 6.07) is 3.00. The van der Waals surface area contributed by atoms with E-state index in [9.17, 15) is 18.0 Å². The Kier molecular flexibility index (Phi) is 4.48. The molecule has 3 nitrogen and oxygen atoms in total. The summed E-state index contributed by atoms with van der Waals surface area (Å²) in [7, 11) is 0. The molecule has 0 spiro atoms. The summed E-state index contributed by atoms with van der Waals surface area (Å²) in [4.78, 5) is 13.1. The highest BCUT2D eigenvalue weighted by molar-refractivity contribution is 9.10. The van der Waals surface area contributed by atoms with Gasteiger partial charge in [0.05, 0.1) is 5.69 Å². The molecule has 0 saturated carbocycles. The Morgan fingerprint density at radius 3 is 2.50 bits per heavy atom. The standard InChI is InChI=1S/C15H17BrF3NO2/c1-14(2,3)22-13(21)20-11-6-4-5-10(16)9(11)7-8-12(20)15(17,18)19/h4-6,12H,7-8H2,1-3H3. The first-order valence-electron chi connectivity index (χ1n) is 6.87. The fourth-order valence-corrected chi connectivity index (χ4v) is 3.00. The molecule has 22 heavy (non-hydrogen) atoms. The lowest BCUT2D eigenvalue weighted by atomic mass is 9.95. The van der Waals surface area contributed by atoms with E-state index in [0.717, 1.165) is 4.90 Å². The van der Waals surface area contributed by atoms with Crippen molar-refractivity contribution in [2.45, 2.75) is 51.4 Å². The fourth-order valence-electron chi connectivity index (χ4n) is 2.45. The van der Waals surface area contributed by atoms with Crippen LogP contribution in [0.15, 0.2) is 22.7 Å². The summed E-state index contributed by atoms with van der Waals surface area (Å²) in [5.74, 6) is 0. The molecule has 1 atom stereocenters. The number of benzene rings is 1. The molecule has 2 rings (SSSR count). The van der Waals surface area contributed by atoms with Crippen molar-refractivity contribution >= 4 is 27.7 Å². The molecule has 1 aliphatic rings. The van der Waals surface area contributed by atoms with Crippen LogP contribution in [-0.4, -0.2) is 23.9 Å². The predicted octanol–water partition coefficient (Wildman–Crippen LogP) is 5.07. The summed E-state index contributed by atoms with van der Waals surface area (Å²) in [6.45, 7) is 4.87. The number of hydrogen-bond donors (Lipinski definition) is 0. The van der Waals surface area contributed by atoms with Crippen LogP contribution in [0.1, 0.15) is 32.8 Å². The largest absolute Gasteiger partial charge is 0.443 e. The smallest absolute Gasteiger partial charge is 0.415 e. The Balaban J connectivity index is 2.48. The number of alkyl halides is 3. The van der Waals surface area contributed by atoms with E-state index in [0.29, 0.717) is 10.0 Å². The van der Waals surface area contributed by atoms with Crippen molar-refractivity contribution < 1.29 is 22.7 Å². The predicted molar refractivity (Wildman–Crippen MR) is 81.0 cm³/mol. The lowest BCUT2D eigenvalue weighted by Crippen LogP contribution is -2.53. The molecule has 0 saturated heterocycles. The molecule has 1 aromatic rings. The highest BCUT2D eigenvalue weighted by Crippen LogP contribution is 2.41. The van der Waals surface area contributed by atoms with E-state index in [2.05, 4.69) is 15.9 Å². The van der Waals surface area contributed by atoms with Gasteiger partial charge in [0.2, 0.25) is 0 Å². The van der Waals surface area contributed by atoms with Gasteiger partial charge in [0.1, 0.15) is 11.6 Å².